The van der Waals surface area contributed by atoms with Crippen molar-refractivity contribution in [1.82, 2.24) is 10.2 Å². The maximum Gasteiger partial charge on any atom is 0.161 e. The fourth-order valence-electron chi connectivity index (χ4n) is 3.11. The van der Waals surface area contributed by atoms with Gasteiger partial charge in [-0.15, -0.1) is 0 Å². The summed E-state index contributed by atoms with van der Waals surface area (Å²) in [5.41, 5.74) is 2.75. The van der Waals surface area contributed by atoms with Crippen molar-refractivity contribution in [2.24, 2.45) is 5.92 Å². The number of nitrogens with zero attached hydrogens (tertiary/aromatic N) is 1. The number of hydrogen-bond donors (Lipinski definition) is 1. The van der Waals surface area contributed by atoms with Crippen LogP contribution in [0.25, 0.3) is 0 Å². The highest BCUT2D eigenvalue weighted by molar-refractivity contribution is 5.48. The second-order valence-corrected chi connectivity index (χ2v) is 5.97. The van der Waals surface area contributed by atoms with E-state index in [1.807, 2.05) is 7.05 Å². The average molecular weight is 292 g/mol. The molecule has 2 atom stereocenters. The summed E-state index contributed by atoms with van der Waals surface area (Å²) in [6.07, 6.45) is 1.08. The summed E-state index contributed by atoms with van der Waals surface area (Å²) in [6, 6.07) is 4.84. The molecular formula is C17H28N2O2. The number of methoxy groups -OCH3 is 2. The number of benzene rings is 1. The summed E-state index contributed by atoms with van der Waals surface area (Å²) >= 11 is 0. The lowest BCUT2D eigenvalue weighted by Crippen LogP contribution is -2.43. The molecule has 0 saturated heterocycles. The third-order valence-corrected chi connectivity index (χ3v) is 4.67. The Hall–Kier alpha value is -1.26. The zero-order valence-corrected chi connectivity index (χ0v) is 13.9. The molecule has 0 amide bonds. The summed E-state index contributed by atoms with van der Waals surface area (Å²) in [4.78, 5) is 2.57. The molecule has 2 unspecified atom stereocenters. The highest BCUT2D eigenvalue weighted by Gasteiger charge is 2.25. The molecule has 0 aliphatic carbocycles. The van der Waals surface area contributed by atoms with E-state index in [0.29, 0.717) is 12.0 Å². The fourth-order valence-corrected chi connectivity index (χ4v) is 3.11. The Balaban J connectivity index is 2.16. The van der Waals surface area contributed by atoms with E-state index >= 15 is 0 Å². The first-order valence-corrected chi connectivity index (χ1v) is 7.73. The number of hydrogen-bond acceptors (Lipinski definition) is 4. The van der Waals surface area contributed by atoms with Gasteiger partial charge in [0.1, 0.15) is 0 Å². The highest BCUT2D eigenvalue weighted by Crippen LogP contribution is 2.34. The lowest BCUT2D eigenvalue weighted by molar-refractivity contribution is 0.145. The summed E-state index contributed by atoms with van der Waals surface area (Å²) in [7, 11) is 5.41. The summed E-state index contributed by atoms with van der Waals surface area (Å²) in [5, 5.41) is 3.28. The van der Waals surface area contributed by atoms with E-state index in [4.69, 9.17) is 9.47 Å². The van der Waals surface area contributed by atoms with Crippen LogP contribution in [0.2, 0.25) is 0 Å². The third kappa shape index (κ3) is 3.50. The first-order valence-electron chi connectivity index (χ1n) is 7.73. The molecule has 4 heteroatoms. The first kappa shape index (κ1) is 16.1. The Morgan fingerprint density at radius 3 is 2.33 bits per heavy atom. The van der Waals surface area contributed by atoms with E-state index in [9.17, 15) is 0 Å². The van der Waals surface area contributed by atoms with Gasteiger partial charge in [0, 0.05) is 19.1 Å². The van der Waals surface area contributed by atoms with Crippen molar-refractivity contribution in [3.63, 3.8) is 0 Å². The van der Waals surface area contributed by atoms with Gasteiger partial charge in [-0.1, -0.05) is 6.92 Å². The van der Waals surface area contributed by atoms with Crippen LogP contribution in [-0.2, 0) is 13.0 Å². The molecule has 1 aliphatic heterocycles. The quantitative estimate of drug-likeness (QED) is 0.872. The van der Waals surface area contributed by atoms with Crippen LogP contribution in [0.4, 0.5) is 0 Å². The number of fused-ring (bicyclic) bond motifs is 1. The largest absolute Gasteiger partial charge is 0.493 e. The van der Waals surface area contributed by atoms with Crippen molar-refractivity contribution >= 4 is 0 Å². The van der Waals surface area contributed by atoms with Crippen LogP contribution < -0.4 is 14.8 Å². The summed E-state index contributed by atoms with van der Waals surface area (Å²) in [6.45, 7) is 7.79. The molecular weight excluding hydrogens is 264 g/mol. The van der Waals surface area contributed by atoms with E-state index in [0.717, 1.165) is 37.6 Å². The van der Waals surface area contributed by atoms with Crippen LogP contribution in [-0.4, -0.2) is 45.3 Å². The van der Waals surface area contributed by atoms with Gasteiger partial charge < -0.3 is 14.8 Å². The van der Waals surface area contributed by atoms with Crippen molar-refractivity contribution in [3.05, 3.63) is 23.3 Å². The molecule has 1 N–H and O–H groups in total. The van der Waals surface area contributed by atoms with Crippen molar-refractivity contribution in [3.8, 4) is 11.5 Å². The maximum atomic E-state index is 5.43. The number of nitrogens with one attached hydrogen (secondary N) is 1. The molecule has 1 aliphatic rings. The minimum absolute atomic E-state index is 0.568. The minimum Gasteiger partial charge on any atom is -0.493 e. The second-order valence-electron chi connectivity index (χ2n) is 5.97. The maximum absolute atomic E-state index is 5.43. The predicted octanol–water partition coefficient (Wildman–Crippen LogP) is 2.31. The van der Waals surface area contributed by atoms with Crippen molar-refractivity contribution in [2.75, 3.05) is 34.4 Å². The highest BCUT2D eigenvalue weighted by atomic mass is 16.5. The van der Waals surface area contributed by atoms with Crippen LogP contribution in [0.15, 0.2) is 12.1 Å². The Morgan fingerprint density at radius 2 is 1.76 bits per heavy atom. The Labute approximate surface area is 128 Å². The molecule has 4 nitrogen and oxygen atoms in total. The molecule has 118 valence electrons. The van der Waals surface area contributed by atoms with Crippen LogP contribution in [0.1, 0.15) is 25.0 Å². The summed E-state index contributed by atoms with van der Waals surface area (Å²) in [5.74, 6) is 2.30. The van der Waals surface area contributed by atoms with E-state index < -0.39 is 0 Å². The molecule has 1 aromatic rings. The van der Waals surface area contributed by atoms with Crippen LogP contribution in [0.5, 0.6) is 11.5 Å². The van der Waals surface area contributed by atoms with Gasteiger partial charge in [0.2, 0.25) is 0 Å². The van der Waals surface area contributed by atoms with Gasteiger partial charge in [-0.25, -0.2) is 0 Å². The van der Waals surface area contributed by atoms with Gasteiger partial charge in [-0.3, -0.25) is 4.90 Å². The van der Waals surface area contributed by atoms with Crippen LogP contribution in [0.3, 0.4) is 0 Å². The number of ether oxygens (including phenoxy) is 2. The van der Waals surface area contributed by atoms with E-state index in [1.54, 1.807) is 14.2 Å². The Kier molecular flexibility index (Phi) is 5.48. The average Bonchev–Trinajstić information content (AvgIpc) is 2.52. The van der Waals surface area contributed by atoms with Crippen molar-refractivity contribution in [1.29, 1.82) is 0 Å². The zero-order chi connectivity index (χ0) is 15.4. The monoisotopic (exact) mass is 292 g/mol. The number of rotatable bonds is 6. The van der Waals surface area contributed by atoms with Crippen LogP contribution in [0, 0.1) is 5.92 Å². The van der Waals surface area contributed by atoms with Gasteiger partial charge >= 0.3 is 0 Å². The first-order chi connectivity index (χ1) is 10.1. The SMILES string of the molecule is CNCC(C)C(C)N1CCc2cc(OC)c(OC)cc2C1. The van der Waals surface area contributed by atoms with Crippen molar-refractivity contribution in [2.45, 2.75) is 32.9 Å². The van der Waals surface area contributed by atoms with Gasteiger partial charge in [0.15, 0.2) is 11.5 Å². The second kappa shape index (κ2) is 7.14. The molecule has 0 aromatic heterocycles. The smallest absolute Gasteiger partial charge is 0.161 e. The molecule has 0 saturated carbocycles. The topological polar surface area (TPSA) is 33.7 Å². The molecule has 0 bridgehead atoms. The van der Waals surface area contributed by atoms with E-state index in [2.05, 4.69) is 36.2 Å². The minimum atomic E-state index is 0.568. The van der Waals surface area contributed by atoms with Gasteiger partial charge in [-0.05, 0) is 56.1 Å². The standard InChI is InChI=1S/C17H28N2O2/c1-12(10-18-3)13(2)19-7-6-14-8-16(20-4)17(21-5)9-15(14)11-19/h8-9,12-13,18H,6-7,10-11H2,1-5H3. The lowest BCUT2D eigenvalue weighted by atomic mass is 9.94. The van der Waals surface area contributed by atoms with Crippen molar-refractivity contribution < 1.29 is 9.47 Å². The molecule has 1 aromatic carbocycles. The van der Waals surface area contributed by atoms with Crippen LogP contribution >= 0.6 is 0 Å². The molecule has 0 spiro atoms. The lowest BCUT2D eigenvalue weighted by Gasteiger charge is -2.37. The molecule has 0 fully saturated rings. The fraction of sp³-hybridized carbons (Fsp3) is 0.647. The molecule has 2 rings (SSSR count). The molecule has 21 heavy (non-hydrogen) atoms. The van der Waals surface area contributed by atoms with E-state index in [-0.39, 0.29) is 0 Å². The molecule has 0 radical (unpaired) electrons. The Bertz CT molecular complexity index is 476. The van der Waals surface area contributed by atoms with Gasteiger partial charge in [0.05, 0.1) is 14.2 Å². The summed E-state index contributed by atoms with van der Waals surface area (Å²) < 4.78 is 10.8. The Morgan fingerprint density at radius 1 is 1.14 bits per heavy atom. The van der Waals surface area contributed by atoms with Gasteiger partial charge in [-0.2, -0.15) is 0 Å². The predicted molar refractivity (Wildman–Crippen MR) is 86.2 cm³/mol. The van der Waals surface area contributed by atoms with Gasteiger partial charge in [0.25, 0.3) is 0 Å². The molecule has 1 heterocycles. The normalized spacial score (nSPS) is 18.0. The van der Waals surface area contributed by atoms with E-state index in [1.165, 1.54) is 11.1 Å². The third-order valence-electron chi connectivity index (χ3n) is 4.67. The zero-order valence-electron chi connectivity index (χ0n) is 13.9.